The summed E-state index contributed by atoms with van der Waals surface area (Å²) in [7, 11) is 0. The molecule has 0 bridgehead atoms. The van der Waals surface area contributed by atoms with Crippen LogP contribution in [0.4, 0.5) is 0 Å². The van der Waals surface area contributed by atoms with Gasteiger partial charge in [0, 0.05) is 28.3 Å². The van der Waals surface area contributed by atoms with Gasteiger partial charge in [-0.3, -0.25) is 4.98 Å². The summed E-state index contributed by atoms with van der Waals surface area (Å²) in [6, 6.07) is 45.0. The summed E-state index contributed by atoms with van der Waals surface area (Å²) in [4.78, 5) is 14.9. The van der Waals surface area contributed by atoms with E-state index in [0.29, 0.717) is 34.9 Å². The average Bonchev–Trinajstić information content (AvgIpc) is 3.86. The third kappa shape index (κ3) is 6.46. The minimum absolute atomic E-state index is 0. The zero-order chi connectivity index (χ0) is 37.3. The van der Waals surface area contributed by atoms with Crippen molar-refractivity contribution in [2.45, 2.75) is 65.2 Å². The molecule has 1 spiro atoms. The Bertz CT molecular complexity index is 2720. The molecule has 4 aromatic heterocycles. The van der Waals surface area contributed by atoms with Crippen LogP contribution in [-0.2, 0) is 46.7 Å². The van der Waals surface area contributed by atoms with Crippen molar-refractivity contribution in [3.63, 3.8) is 0 Å². The minimum atomic E-state index is 0. The summed E-state index contributed by atoms with van der Waals surface area (Å²) in [6.45, 7) is 9.01. The molecule has 0 fully saturated rings. The van der Waals surface area contributed by atoms with Crippen molar-refractivity contribution in [2.75, 3.05) is 0 Å². The van der Waals surface area contributed by atoms with Gasteiger partial charge in [0.15, 0.2) is 5.58 Å². The van der Waals surface area contributed by atoms with E-state index >= 15 is 0 Å². The fourth-order valence-electron chi connectivity index (χ4n) is 9.03. The second-order valence-electron chi connectivity index (χ2n) is 16.1. The van der Waals surface area contributed by atoms with Crippen molar-refractivity contribution in [1.29, 1.82) is 0 Å². The number of hydrogen-bond acceptors (Lipinski definition) is 5. The first-order valence-corrected chi connectivity index (χ1v) is 19.4. The molecule has 4 heterocycles. The second kappa shape index (κ2) is 14.3. The zero-order valence-electron chi connectivity index (χ0n) is 31.9. The zero-order valence-corrected chi connectivity index (χ0v) is 34.2. The molecular formula is C50H41N3O2Pt. The third-order valence-electron chi connectivity index (χ3n) is 11.6. The molecule has 0 unspecified atom stereocenters. The Morgan fingerprint density at radius 1 is 0.679 bits per heavy atom. The maximum absolute atomic E-state index is 6.59. The largest absolute Gasteiger partial charge is 2.00 e. The van der Waals surface area contributed by atoms with Crippen LogP contribution in [0.5, 0.6) is 11.6 Å². The molecular weight excluding hydrogens is 870 g/mol. The molecule has 10 rings (SSSR count). The minimum Gasteiger partial charge on any atom is -0.460 e. The molecule has 278 valence electrons. The Morgan fingerprint density at radius 3 is 2.14 bits per heavy atom. The predicted molar refractivity (Wildman–Crippen MR) is 219 cm³/mol. The SMILES string of the molecule is CC(C)c1cccc(C(C)C)c1-c1cc(Oc2cccc(-c3cc4c(cn3)oc3nc5c(cc34)CC3(Cc4ccccc4C3)C5)n2)[c-]c(-c2[c-]cccc2)c1.[Pt+2]. The van der Waals surface area contributed by atoms with Crippen molar-refractivity contribution in [2.24, 2.45) is 5.41 Å². The Kier molecular flexibility index (Phi) is 9.25. The van der Waals surface area contributed by atoms with Crippen molar-refractivity contribution >= 4 is 22.1 Å². The van der Waals surface area contributed by atoms with E-state index in [4.69, 9.17) is 24.1 Å². The van der Waals surface area contributed by atoms with Gasteiger partial charge in [-0.2, -0.15) is 30.3 Å². The topological polar surface area (TPSA) is 61.0 Å². The van der Waals surface area contributed by atoms with Crippen LogP contribution >= 0.6 is 0 Å². The second-order valence-corrected chi connectivity index (χ2v) is 16.1. The monoisotopic (exact) mass is 910 g/mol. The Labute approximate surface area is 342 Å². The van der Waals surface area contributed by atoms with Crippen LogP contribution < -0.4 is 4.74 Å². The van der Waals surface area contributed by atoms with Gasteiger partial charge in [0.05, 0.1) is 17.6 Å². The molecule has 5 nitrogen and oxygen atoms in total. The van der Waals surface area contributed by atoms with Crippen molar-refractivity contribution < 1.29 is 30.2 Å². The Balaban J connectivity index is 0.00000410. The number of furan rings is 1. The average molecular weight is 911 g/mol. The molecule has 0 atom stereocenters. The first kappa shape index (κ1) is 36.3. The molecule has 0 radical (unpaired) electrons. The van der Waals surface area contributed by atoms with Gasteiger partial charge in [-0.25, -0.2) is 21.1 Å². The maximum Gasteiger partial charge on any atom is 2.00 e. The number of pyridine rings is 3. The molecule has 0 aliphatic heterocycles. The van der Waals surface area contributed by atoms with Crippen LogP contribution in [0.2, 0.25) is 0 Å². The van der Waals surface area contributed by atoms with Crippen LogP contribution in [0.3, 0.4) is 0 Å². The number of benzene rings is 4. The van der Waals surface area contributed by atoms with Crippen LogP contribution in [0.25, 0.3) is 55.7 Å². The maximum atomic E-state index is 6.59. The molecule has 6 heteroatoms. The number of nitrogens with zero attached hydrogens (tertiary/aromatic N) is 3. The van der Waals surface area contributed by atoms with E-state index in [9.17, 15) is 0 Å². The molecule has 56 heavy (non-hydrogen) atoms. The molecule has 0 saturated carbocycles. The fourth-order valence-corrected chi connectivity index (χ4v) is 9.03. The summed E-state index contributed by atoms with van der Waals surface area (Å²) in [5, 5.41) is 2.02. The van der Waals surface area contributed by atoms with Crippen LogP contribution in [-0.4, -0.2) is 15.0 Å². The summed E-state index contributed by atoms with van der Waals surface area (Å²) in [5.74, 6) is 1.76. The normalized spacial score (nSPS) is 14.1. The fraction of sp³-hybridized carbons (Fsp3) is 0.220. The van der Waals surface area contributed by atoms with Gasteiger partial charge in [-0.15, -0.1) is 17.7 Å². The van der Waals surface area contributed by atoms with Gasteiger partial charge >= 0.3 is 21.1 Å². The van der Waals surface area contributed by atoms with Gasteiger partial charge in [-0.1, -0.05) is 82.3 Å². The van der Waals surface area contributed by atoms with Crippen LogP contribution in [0.1, 0.15) is 73.0 Å². The number of ether oxygens (including phenoxy) is 1. The van der Waals surface area contributed by atoms with Crippen LogP contribution in [0, 0.1) is 17.5 Å². The van der Waals surface area contributed by atoms with E-state index in [-0.39, 0.29) is 26.5 Å². The van der Waals surface area contributed by atoms with Crippen molar-refractivity contribution in [1.82, 2.24) is 15.0 Å². The van der Waals surface area contributed by atoms with Gasteiger partial charge in [-0.05, 0) is 94.5 Å². The first-order chi connectivity index (χ1) is 26.8. The number of aromatic nitrogens is 3. The number of hydrogen-bond donors (Lipinski definition) is 0. The summed E-state index contributed by atoms with van der Waals surface area (Å²) < 4.78 is 12.9. The van der Waals surface area contributed by atoms with Gasteiger partial charge in [0.2, 0.25) is 11.6 Å². The Morgan fingerprint density at radius 2 is 1.41 bits per heavy atom. The first-order valence-electron chi connectivity index (χ1n) is 19.4. The van der Waals surface area contributed by atoms with E-state index in [1.54, 1.807) is 6.20 Å². The molecule has 0 amide bonds. The molecule has 2 aliphatic carbocycles. The summed E-state index contributed by atoms with van der Waals surface area (Å²) in [6.07, 6.45) is 6.03. The molecule has 8 aromatic rings. The standard InChI is InChI=1S/C50H41N3O2.Pt/c1-30(2)39-16-10-17-40(31(3)4)48(39)36-20-35(32-12-6-5-7-13-32)21-38(22-36)54-47-19-11-18-43(52-47)44-24-41-42-23-37-27-50(25-33-14-8-9-15-34(33)26-50)28-45(37)53-49(42)55-46(41)29-51-44;/h5-12,14-20,22-24,29-31H,25-28H2,1-4H3;/q-2;+2. The molecule has 4 aromatic carbocycles. The van der Waals surface area contributed by atoms with Crippen molar-refractivity contribution in [3.8, 4) is 45.3 Å². The van der Waals surface area contributed by atoms with Gasteiger partial charge < -0.3 is 9.15 Å². The van der Waals surface area contributed by atoms with E-state index in [1.807, 2.05) is 36.4 Å². The quantitative estimate of drug-likeness (QED) is 0.149. The molecule has 0 N–H and O–H groups in total. The summed E-state index contributed by atoms with van der Waals surface area (Å²) >= 11 is 0. The van der Waals surface area contributed by atoms with E-state index in [2.05, 4.69) is 113 Å². The van der Waals surface area contributed by atoms with E-state index in [1.165, 1.54) is 39.1 Å². The third-order valence-corrected chi connectivity index (χ3v) is 11.6. The van der Waals surface area contributed by atoms with Gasteiger partial charge in [0.25, 0.3) is 0 Å². The number of fused-ring (bicyclic) bond motifs is 5. The number of rotatable bonds is 7. The predicted octanol–water partition coefficient (Wildman–Crippen LogP) is 12.3. The van der Waals surface area contributed by atoms with Crippen LogP contribution in [0.15, 0.2) is 120 Å². The molecule has 0 saturated heterocycles. The van der Waals surface area contributed by atoms with E-state index in [0.717, 1.165) is 64.4 Å². The van der Waals surface area contributed by atoms with Crippen molar-refractivity contribution in [3.05, 3.63) is 161 Å². The van der Waals surface area contributed by atoms with Gasteiger partial charge in [0.1, 0.15) is 0 Å². The Hall–Kier alpha value is -5.38. The smallest absolute Gasteiger partial charge is 0.460 e. The summed E-state index contributed by atoms with van der Waals surface area (Å²) in [5.41, 5.74) is 15.4. The molecule has 2 aliphatic rings. The van der Waals surface area contributed by atoms with E-state index < -0.39 is 0 Å².